The molecule has 0 bridgehead atoms. The van der Waals surface area contributed by atoms with Gasteiger partial charge in [0.2, 0.25) is 0 Å². The Morgan fingerprint density at radius 3 is 2.75 bits per heavy atom. The molecule has 0 N–H and O–H groups in total. The minimum atomic E-state index is -0.238. The van der Waals surface area contributed by atoms with Gasteiger partial charge in [-0.15, -0.1) is 0 Å². The van der Waals surface area contributed by atoms with Crippen molar-refractivity contribution in [1.29, 1.82) is 5.26 Å². The van der Waals surface area contributed by atoms with Gasteiger partial charge in [0.05, 0.1) is 19.2 Å². The number of rotatable bonds is 2. The van der Waals surface area contributed by atoms with E-state index in [1.165, 1.54) is 10.6 Å². The van der Waals surface area contributed by atoms with Crippen molar-refractivity contribution in [1.82, 2.24) is 4.57 Å². The predicted octanol–water partition coefficient (Wildman–Crippen LogP) is 1.78. The molecule has 4 heteroatoms. The van der Waals surface area contributed by atoms with Gasteiger partial charge in [-0.25, -0.2) is 0 Å². The number of benzene rings is 1. The Morgan fingerprint density at radius 1 is 1.20 bits per heavy atom. The summed E-state index contributed by atoms with van der Waals surface area (Å²) in [4.78, 5) is 11.7. The van der Waals surface area contributed by atoms with Crippen molar-refractivity contribution >= 4 is 0 Å². The van der Waals surface area contributed by atoms with E-state index in [0.717, 1.165) is 5.56 Å². The van der Waals surface area contributed by atoms with Gasteiger partial charge in [-0.3, -0.25) is 9.36 Å². The largest absolute Gasteiger partial charge is 0.495 e. The molecule has 1 aromatic carbocycles. The van der Waals surface area contributed by atoms with E-state index >= 15 is 0 Å². The monoisotopic (exact) mass is 264 g/mol. The minimum Gasteiger partial charge on any atom is -0.495 e. The predicted molar refractivity (Wildman–Crippen MR) is 75.3 cm³/mol. The highest BCUT2D eigenvalue weighted by Crippen LogP contribution is 2.15. The molecule has 98 valence electrons. The maximum absolute atomic E-state index is 11.7. The van der Waals surface area contributed by atoms with Gasteiger partial charge < -0.3 is 4.74 Å². The van der Waals surface area contributed by atoms with E-state index in [-0.39, 0.29) is 12.1 Å². The Kier molecular flexibility index (Phi) is 4.21. The molecule has 0 atom stereocenters. The van der Waals surface area contributed by atoms with Gasteiger partial charge in [0.1, 0.15) is 17.5 Å². The second-order valence-corrected chi connectivity index (χ2v) is 3.95. The first-order valence-corrected chi connectivity index (χ1v) is 5.98. The molecule has 20 heavy (non-hydrogen) atoms. The zero-order valence-electron chi connectivity index (χ0n) is 11.0. The number of nitriles is 1. The van der Waals surface area contributed by atoms with Gasteiger partial charge in [0, 0.05) is 6.07 Å². The number of ether oxygens (including phenoxy) is 1. The van der Waals surface area contributed by atoms with Gasteiger partial charge >= 0.3 is 0 Å². The summed E-state index contributed by atoms with van der Waals surface area (Å²) in [5.74, 6) is 6.52. The van der Waals surface area contributed by atoms with E-state index in [1.807, 2.05) is 30.3 Å². The first kappa shape index (κ1) is 13.5. The molecule has 4 nitrogen and oxygen atoms in total. The topological polar surface area (TPSA) is 55.0 Å². The van der Waals surface area contributed by atoms with Crippen LogP contribution < -0.4 is 10.3 Å². The average molecular weight is 264 g/mol. The lowest BCUT2D eigenvalue weighted by Gasteiger charge is -2.03. The zero-order chi connectivity index (χ0) is 14.4. The van der Waals surface area contributed by atoms with E-state index in [2.05, 4.69) is 11.8 Å². The molecular formula is C16H12N2O2. The lowest BCUT2D eigenvalue weighted by Crippen LogP contribution is -2.20. The molecule has 1 aromatic heterocycles. The summed E-state index contributed by atoms with van der Waals surface area (Å²) in [6.07, 6.45) is 0. The fourth-order valence-corrected chi connectivity index (χ4v) is 1.74. The second-order valence-electron chi connectivity index (χ2n) is 3.95. The van der Waals surface area contributed by atoms with Crippen LogP contribution in [-0.4, -0.2) is 11.7 Å². The van der Waals surface area contributed by atoms with E-state index in [1.54, 1.807) is 19.2 Å². The fourth-order valence-electron chi connectivity index (χ4n) is 1.74. The van der Waals surface area contributed by atoms with E-state index in [0.29, 0.717) is 11.4 Å². The lowest BCUT2D eigenvalue weighted by atomic mass is 10.2. The highest BCUT2D eigenvalue weighted by atomic mass is 16.5. The smallest absolute Gasteiger partial charge is 0.252 e. The number of hydrogen-bond acceptors (Lipinski definition) is 3. The van der Waals surface area contributed by atoms with Crippen molar-refractivity contribution < 1.29 is 4.74 Å². The lowest BCUT2D eigenvalue weighted by molar-refractivity contribution is 0.413. The van der Waals surface area contributed by atoms with Gasteiger partial charge in [-0.05, 0) is 18.2 Å². The number of aromatic nitrogens is 1. The normalized spacial score (nSPS) is 9.20. The summed E-state index contributed by atoms with van der Waals surface area (Å²) < 4.78 is 6.53. The summed E-state index contributed by atoms with van der Waals surface area (Å²) in [5, 5.41) is 8.96. The fraction of sp³-hybridized carbons (Fsp3) is 0.125. The van der Waals surface area contributed by atoms with Crippen LogP contribution in [0.25, 0.3) is 0 Å². The standard InChI is InChI=1S/C16H12N2O2/c1-20-15-9-3-2-6-13(15)7-5-11-18-14(12-17)8-4-10-16(18)19/h2-4,6,8-10H,11H2,1H3. The van der Waals surface area contributed by atoms with Crippen molar-refractivity contribution in [2.24, 2.45) is 0 Å². The molecule has 0 saturated heterocycles. The molecule has 0 amide bonds. The Labute approximate surface area is 116 Å². The van der Waals surface area contributed by atoms with Crippen molar-refractivity contribution in [2.45, 2.75) is 6.54 Å². The maximum Gasteiger partial charge on any atom is 0.252 e. The van der Waals surface area contributed by atoms with Gasteiger partial charge in [0.15, 0.2) is 0 Å². The minimum absolute atomic E-state index is 0.167. The number of nitrogens with zero attached hydrogens (tertiary/aromatic N) is 2. The number of hydrogen-bond donors (Lipinski definition) is 0. The summed E-state index contributed by atoms with van der Waals surface area (Å²) >= 11 is 0. The molecule has 0 aliphatic rings. The highest BCUT2D eigenvalue weighted by molar-refractivity contribution is 5.45. The van der Waals surface area contributed by atoms with Crippen LogP contribution in [0.4, 0.5) is 0 Å². The number of methoxy groups -OCH3 is 1. The van der Waals surface area contributed by atoms with E-state index in [9.17, 15) is 4.79 Å². The molecule has 0 unspecified atom stereocenters. The van der Waals surface area contributed by atoms with Crippen LogP contribution in [0, 0.1) is 23.2 Å². The molecular weight excluding hydrogens is 252 g/mol. The van der Waals surface area contributed by atoms with Crippen LogP contribution in [0.1, 0.15) is 11.3 Å². The molecule has 0 aliphatic carbocycles. The maximum atomic E-state index is 11.7. The SMILES string of the molecule is COc1ccccc1C#CCn1c(C#N)cccc1=O. The first-order valence-electron chi connectivity index (χ1n) is 5.98. The zero-order valence-corrected chi connectivity index (χ0v) is 11.0. The molecule has 0 spiro atoms. The van der Waals surface area contributed by atoms with E-state index < -0.39 is 0 Å². The number of pyridine rings is 1. The Balaban J connectivity index is 2.29. The molecule has 2 aromatic rings. The summed E-state index contributed by atoms with van der Waals surface area (Å²) in [6.45, 7) is 0.167. The summed E-state index contributed by atoms with van der Waals surface area (Å²) in [7, 11) is 1.58. The van der Waals surface area contributed by atoms with Crippen molar-refractivity contribution in [3.63, 3.8) is 0 Å². The van der Waals surface area contributed by atoms with Crippen molar-refractivity contribution in [2.75, 3.05) is 7.11 Å². The summed E-state index contributed by atoms with van der Waals surface area (Å²) in [5.41, 5.74) is 0.808. The molecule has 2 rings (SSSR count). The van der Waals surface area contributed by atoms with Gasteiger partial charge in [-0.2, -0.15) is 5.26 Å². The van der Waals surface area contributed by atoms with Crippen LogP contribution >= 0.6 is 0 Å². The summed E-state index contributed by atoms with van der Waals surface area (Å²) in [6, 6.07) is 13.9. The second kappa shape index (κ2) is 6.26. The third kappa shape index (κ3) is 2.88. The Hall–Kier alpha value is -2.98. The van der Waals surface area contributed by atoms with Crippen LogP contribution in [0.15, 0.2) is 47.3 Å². The quantitative estimate of drug-likeness (QED) is 0.777. The third-order valence-corrected chi connectivity index (χ3v) is 2.73. The van der Waals surface area contributed by atoms with Crippen molar-refractivity contribution in [3.05, 3.63) is 64.1 Å². The Morgan fingerprint density at radius 2 is 2.00 bits per heavy atom. The van der Waals surface area contributed by atoms with Crippen molar-refractivity contribution in [3.8, 4) is 23.7 Å². The van der Waals surface area contributed by atoms with Crippen LogP contribution in [0.2, 0.25) is 0 Å². The van der Waals surface area contributed by atoms with E-state index in [4.69, 9.17) is 10.00 Å². The molecule has 0 saturated carbocycles. The van der Waals surface area contributed by atoms with Gasteiger partial charge in [0.25, 0.3) is 5.56 Å². The van der Waals surface area contributed by atoms with Crippen LogP contribution in [-0.2, 0) is 6.54 Å². The third-order valence-electron chi connectivity index (χ3n) is 2.73. The highest BCUT2D eigenvalue weighted by Gasteiger charge is 2.00. The average Bonchev–Trinajstić information content (AvgIpc) is 2.49. The molecule has 0 aliphatic heterocycles. The number of para-hydroxylation sites is 1. The Bertz CT molecular complexity index is 773. The molecule has 1 heterocycles. The molecule has 0 radical (unpaired) electrons. The van der Waals surface area contributed by atoms with Gasteiger partial charge in [-0.1, -0.05) is 30.0 Å². The van der Waals surface area contributed by atoms with Crippen LogP contribution in [0.3, 0.4) is 0 Å². The first-order chi connectivity index (χ1) is 9.76. The van der Waals surface area contributed by atoms with Crippen LogP contribution in [0.5, 0.6) is 5.75 Å². The molecule has 0 fully saturated rings.